The Morgan fingerprint density at radius 2 is 1.57 bits per heavy atom. The van der Waals surface area contributed by atoms with Crippen LogP contribution in [0.15, 0.2) is 61.2 Å². The first-order valence-corrected chi connectivity index (χ1v) is 7.06. The van der Waals surface area contributed by atoms with Gasteiger partial charge >= 0.3 is 0 Å². The molecule has 23 heavy (non-hydrogen) atoms. The quantitative estimate of drug-likeness (QED) is 0.727. The minimum absolute atomic E-state index is 0.467. The van der Waals surface area contributed by atoms with Gasteiger partial charge in [0.15, 0.2) is 0 Å². The Morgan fingerprint density at radius 3 is 2.13 bits per heavy atom. The molecule has 0 aliphatic heterocycles. The number of hydrogen-bond donors (Lipinski definition) is 0. The first-order valence-electron chi connectivity index (χ1n) is 7.06. The largest absolute Gasteiger partial charge is 0.274 e. The summed E-state index contributed by atoms with van der Waals surface area (Å²) in [5.74, 6) is 0. The highest BCUT2D eigenvalue weighted by Crippen LogP contribution is 2.19. The van der Waals surface area contributed by atoms with Crippen molar-refractivity contribution >= 4 is 5.69 Å². The van der Waals surface area contributed by atoms with Crippen molar-refractivity contribution in [3.63, 3.8) is 0 Å². The van der Waals surface area contributed by atoms with Gasteiger partial charge in [0, 0.05) is 0 Å². The maximum Gasteiger partial charge on any atom is 0.139 e. The van der Waals surface area contributed by atoms with E-state index in [4.69, 9.17) is 5.26 Å². The summed E-state index contributed by atoms with van der Waals surface area (Å²) in [6.45, 7) is 0.0988. The van der Waals surface area contributed by atoms with Gasteiger partial charge in [0.25, 0.3) is 0 Å². The highest BCUT2D eigenvalue weighted by atomic mass is 19.1. The van der Waals surface area contributed by atoms with E-state index in [-0.39, 0.29) is 0 Å². The summed E-state index contributed by atoms with van der Waals surface area (Å²) in [7, 11) is 0. The molecule has 0 atom stereocenters. The molecule has 0 spiro atoms. The van der Waals surface area contributed by atoms with Crippen LogP contribution < -0.4 is 5.01 Å². The van der Waals surface area contributed by atoms with Crippen molar-refractivity contribution in [1.29, 1.82) is 5.26 Å². The summed E-state index contributed by atoms with van der Waals surface area (Å²) in [5.41, 5.74) is 3.19. The van der Waals surface area contributed by atoms with Crippen molar-refractivity contribution in [2.45, 2.75) is 13.2 Å². The highest BCUT2D eigenvalue weighted by molar-refractivity contribution is 5.49. The van der Waals surface area contributed by atoms with Gasteiger partial charge in [-0.15, -0.1) is 10.2 Å². The van der Waals surface area contributed by atoms with Crippen molar-refractivity contribution < 1.29 is 4.39 Å². The third-order valence-electron chi connectivity index (χ3n) is 3.49. The van der Waals surface area contributed by atoms with Crippen LogP contribution in [0.4, 0.5) is 10.1 Å². The van der Waals surface area contributed by atoms with Gasteiger partial charge in [-0.05, 0) is 35.4 Å². The summed E-state index contributed by atoms with van der Waals surface area (Å²) >= 11 is 0. The summed E-state index contributed by atoms with van der Waals surface area (Å²) in [6, 6.07) is 16.7. The Labute approximate surface area is 133 Å². The van der Waals surface area contributed by atoms with Crippen LogP contribution in [0.1, 0.15) is 16.7 Å². The minimum Gasteiger partial charge on any atom is -0.274 e. The number of benzene rings is 2. The number of nitriles is 1. The van der Waals surface area contributed by atoms with E-state index in [9.17, 15) is 4.39 Å². The van der Waals surface area contributed by atoms with E-state index in [0.717, 1.165) is 11.3 Å². The summed E-state index contributed by atoms with van der Waals surface area (Å²) in [4.78, 5) is 0. The fourth-order valence-electron chi connectivity index (χ4n) is 2.24. The van der Waals surface area contributed by atoms with Crippen molar-refractivity contribution in [2.75, 3.05) is 5.01 Å². The number of halogens is 1. The molecule has 0 saturated heterocycles. The molecule has 0 N–H and O–H groups in total. The van der Waals surface area contributed by atoms with Crippen LogP contribution in [0.3, 0.4) is 0 Å². The molecule has 0 unspecified atom stereocenters. The molecule has 114 valence electrons. The van der Waals surface area contributed by atoms with E-state index < -0.39 is 6.67 Å². The van der Waals surface area contributed by atoms with Gasteiger partial charge < -0.3 is 0 Å². The Bertz CT molecular complexity index is 789. The number of nitrogens with zero attached hydrogens (tertiary/aromatic N) is 5. The standard InChI is InChI=1S/C17H14FN5/c18-9-14-1-3-16(4-2-14)11-23(22-12-20-21-13-22)17-7-5-15(10-19)6-8-17/h1-8,12-13H,9,11H2. The number of anilines is 1. The average Bonchev–Trinajstić information content (AvgIpc) is 3.15. The predicted molar refractivity (Wildman–Crippen MR) is 84.0 cm³/mol. The van der Waals surface area contributed by atoms with Gasteiger partial charge in [-0.1, -0.05) is 24.3 Å². The van der Waals surface area contributed by atoms with Crippen molar-refractivity contribution in [2.24, 2.45) is 0 Å². The Morgan fingerprint density at radius 1 is 0.957 bits per heavy atom. The van der Waals surface area contributed by atoms with Crippen LogP contribution in [0, 0.1) is 11.3 Å². The number of rotatable bonds is 5. The summed E-state index contributed by atoms with van der Waals surface area (Å²) in [5, 5.41) is 18.6. The first-order chi connectivity index (χ1) is 11.3. The van der Waals surface area contributed by atoms with Crippen LogP contribution >= 0.6 is 0 Å². The predicted octanol–water partition coefficient (Wildman–Crippen LogP) is 3.09. The molecule has 0 bridgehead atoms. The van der Waals surface area contributed by atoms with Crippen LogP contribution in [0.2, 0.25) is 0 Å². The molecule has 1 heterocycles. The van der Waals surface area contributed by atoms with E-state index in [2.05, 4.69) is 16.3 Å². The second kappa shape index (κ2) is 6.71. The molecular formula is C17H14FN5. The molecule has 5 nitrogen and oxygen atoms in total. The zero-order valence-corrected chi connectivity index (χ0v) is 12.3. The summed E-state index contributed by atoms with van der Waals surface area (Å²) < 4.78 is 14.4. The number of aromatic nitrogens is 3. The van der Waals surface area contributed by atoms with Crippen LogP contribution in [-0.2, 0) is 13.2 Å². The molecule has 3 rings (SSSR count). The lowest BCUT2D eigenvalue weighted by Crippen LogP contribution is -2.27. The van der Waals surface area contributed by atoms with Crippen molar-refractivity contribution in [1.82, 2.24) is 14.9 Å². The molecular weight excluding hydrogens is 293 g/mol. The number of alkyl halides is 1. The monoisotopic (exact) mass is 307 g/mol. The van der Waals surface area contributed by atoms with Crippen molar-refractivity contribution in [3.05, 3.63) is 77.9 Å². The van der Waals surface area contributed by atoms with Gasteiger partial charge in [-0.3, -0.25) is 5.01 Å². The minimum atomic E-state index is -0.467. The third kappa shape index (κ3) is 3.35. The molecule has 0 aliphatic rings. The first kappa shape index (κ1) is 14.7. The summed E-state index contributed by atoms with van der Waals surface area (Å²) in [6.07, 6.45) is 3.21. The maximum absolute atomic E-state index is 12.6. The fraction of sp³-hybridized carbons (Fsp3) is 0.118. The Hall–Kier alpha value is -3.20. The molecule has 0 amide bonds. The van der Waals surface area contributed by atoms with Gasteiger partial charge in [-0.25, -0.2) is 9.07 Å². The molecule has 0 saturated carbocycles. The lowest BCUT2D eigenvalue weighted by atomic mass is 10.1. The zero-order valence-electron chi connectivity index (χ0n) is 12.3. The van der Waals surface area contributed by atoms with Crippen LogP contribution in [0.25, 0.3) is 0 Å². The van der Waals surface area contributed by atoms with Gasteiger partial charge in [0.1, 0.15) is 19.3 Å². The number of hydrogen-bond acceptors (Lipinski definition) is 4. The van der Waals surface area contributed by atoms with Crippen LogP contribution in [0.5, 0.6) is 0 Å². The molecule has 0 fully saturated rings. The Balaban J connectivity index is 1.90. The average molecular weight is 307 g/mol. The van der Waals surface area contributed by atoms with Gasteiger partial charge in [-0.2, -0.15) is 5.26 Å². The van der Waals surface area contributed by atoms with E-state index in [0.29, 0.717) is 17.7 Å². The van der Waals surface area contributed by atoms with E-state index in [1.807, 2.05) is 29.3 Å². The fourth-order valence-corrected chi connectivity index (χ4v) is 2.24. The van der Waals surface area contributed by atoms with Crippen molar-refractivity contribution in [3.8, 4) is 6.07 Å². The molecule has 0 radical (unpaired) electrons. The van der Waals surface area contributed by atoms with Gasteiger partial charge in [0.2, 0.25) is 0 Å². The Kier molecular flexibility index (Phi) is 4.29. The molecule has 3 aromatic rings. The highest BCUT2D eigenvalue weighted by Gasteiger charge is 2.10. The lowest BCUT2D eigenvalue weighted by Gasteiger charge is -2.25. The van der Waals surface area contributed by atoms with Crippen LogP contribution in [-0.4, -0.2) is 14.9 Å². The molecule has 6 heteroatoms. The normalized spacial score (nSPS) is 10.3. The second-order valence-corrected chi connectivity index (χ2v) is 5.01. The van der Waals surface area contributed by atoms with E-state index in [1.165, 1.54) is 0 Å². The zero-order chi connectivity index (χ0) is 16.1. The van der Waals surface area contributed by atoms with E-state index >= 15 is 0 Å². The maximum atomic E-state index is 12.6. The topological polar surface area (TPSA) is 57.7 Å². The SMILES string of the molecule is N#Cc1ccc(N(Cc2ccc(CF)cc2)n2cnnc2)cc1. The van der Waals surface area contributed by atoms with E-state index in [1.54, 1.807) is 41.6 Å². The smallest absolute Gasteiger partial charge is 0.139 e. The second-order valence-electron chi connectivity index (χ2n) is 5.01. The molecule has 0 aliphatic carbocycles. The lowest BCUT2D eigenvalue weighted by molar-refractivity contribution is 0.485. The molecule has 1 aromatic heterocycles. The third-order valence-corrected chi connectivity index (χ3v) is 3.49. The molecule has 2 aromatic carbocycles. The van der Waals surface area contributed by atoms with Gasteiger partial charge in [0.05, 0.1) is 23.9 Å².